The van der Waals surface area contributed by atoms with Crippen molar-refractivity contribution in [3.63, 3.8) is 0 Å². The zero-order valence-corrected chi connectivity index (χ0v) is 42.9. The van der Waals surface area contributed by atoms with Crippen molar-refractivity contribution in [2.24, 2.45) is 0 Å². The second-order valence-electron chi connectivity index (χ2n) is 17.8. The fourth-order valence-electron chi connectivity index (χ4n) is 7.24. The fourth-order valence-corrected chi connectivity index (χ4v) is 7.24. The zero-order chi connectivity index (χ0) is 47.9. The third-order valence-corrected chi connectivity index (χ3v) is 11.3. The molecule has 0 fully saturated rings. The number of unbranched alkanes of at least 4 members (excludes halogenated alkanes) is 21. The number of hydrogen-bond acceptors (Lipinski definition) is 6. The summed E-state index contributed by atoms with van der Waals surface area (Å²) in [7, 11) is 0. The van der Waals surface area contributed by atoms with Gasteiger partial charge in [0.25, 0.3) is 0 Å². The van der Waals surface area contributed by atoms with Crippen molar-refractivity contribution in [1.82, 2.24) is 0 Å². The van der Waals surface area contributed by atoms with E-state index in [1.54, 1.807) is 0 Å². The highest BCUT2D eigenvalue weighted by molar-refractivity contribution is 5.71. The molecule has 0 aliphatic carbocycles. The monoisotopic (exact) mass is 917 g/mol. The molecule has 1 atom stereocenters. The second kappa shape index (κ2) is 53.9. The summed E-state index contributed by atoms with van der Waals surface area (Å²) < 4.78 is 16.8. The van der Waals surface area contributed by atoms with Gasteiger partial charge >= 0.3 is 17.9 Å². The highest BCUT2D eigenvalue weighted by Crippen LogP contribution is 2.14. The standard InChI is InChI=1S/C60H100O6/c1-4-7-10-13-16-19-22-25-27-29-30-32-34-36-39-42-45-48-51-54-60(63)66-57(55-64-58(61)52-49-46-43-40-37-24-21-18-15-12-9-6-3)56-65-59(62)53-50-47-44-41-38-35-33-31-28-26-23-20-17-14-11-8-5-2/h7,10,16-17,19-20,25-28,30,32-33,35-36,39,57H,4-6,8-9,11-15,18,21-24,29,31,34,37-38,40-56H2,1-3H3/b10-7-,19-16-,20-17-,27-25-,28-26-,32-30-,35-33-,39-36-/t57-/m0/s1. The van der Waals surface area contributed by atoms with Gasteiger partial charge in [-0.3, -0.25) is 14.4 Å². The van der Waals surface area contributed by atoms with Crippen LogP contribution in [0.15, 0.2) is 97.2 Å². The van der Waals surface area contributed by atoms with Crippen LogP contribution in [0.4, 0.5) is 0 Å². The van der Waals surface area contributed by atoms with Gasteiger partial charge in [-0.1, -0.05) is 221 Å². The SMILES string of the molecule is CC/C=C\C/C=C\C/C=C\C/C=C\C/C=C\CCCCCC(=O)O[C@H](COC(=O)CCCCCC/C=C\C/C=C\C/C=C\CCCCC)COC(=O)CCCCCCCCCCCCCC. The number of carbonyl (C=O) groups excluding carboxylic acids is 3. The first-order chi connectivity index (χ1) is 32.5. The summed E-state index contributed by atoms with van der Waals surface area (Å²) in [4.78, 5) is 38.0. The molecule has 0 aromatic carbocycles. The summed E-state index contributed by atoms with van der Waals surface area (Å²) in [6.07, 6.45) is 71.0. The minimum absolute atomic E-state index is 0.0976. The third kappa shape index (κ3) is 51.3. The molecule has 376 valence electrons. The Morgan fingerprint density at radius 2 is 0.591 bits per heavy atom. The van der Waals surface area contributed by atoms with E-state index in [0.717, 1.165) is 122 Å². The Balaban J connectivity index is 4.49. The highest BCUT2D eigenvalue weighted by atomic mass is 16.6. The first-order valence-corrected chi connectivity index (χ1v) is 27.2. The van der Waals surface area contributed by atoms with Gasteiger partial charge in [0, 0.05) is 19.3 Å². The number of allylic oxidation sites excluding steroid dienone is 16. The summed E-state index contributed by atoms with van der Waals surface area (Å²) in [5, 5.41) is 0. The molecule has 0 N–H and O–H groups in total. The Bertz CT molecular complexity index is 1330. The topological polar surface area (TPSA) is 78.9 Å². The molecule has 0 saturated heterocycles. The smallest absolute Gasteiger partial charge is 0.306 e. The van der Waals surface area contributed by atoms with E-state index in [-0.39, 0.29) is 37.5 Å². The Labute approximate surface area is 407 Å². The predicted octanol–water partition coefficient (Wildman–Crippen LogP) is 18.1. The van der Waals surface area contributed by atoms with Crippen LogP contribution in [0, 0.1) is 0 Å². The van der Waals surface area contributed by atoms with Gasteiger partial charge in [-0.25, -0.2) is 0 Å². The minimum atomic E-state index is -0.803. The van der Waals surface area contributed by atoms with Crippen LogP contribution < -0.4 is 0 Å². The lowest BCUT2D eigenvalue weighted by molar-refractivity contribution is -0.167. The molecule has 0 saturated carbocycles. The van der Waals surface area contributed by atoms with Crippen LogP contribution in [0.5, 0.6) is 0 Å². The van der Waals surface area contributed by atoms with Crippen molar-refractivity contribution in [1.29, 1.82) is 0 Å². The van der Waals surface area contributed by atoms with Crippen LogP contribution in [0.3, 0.4) is 0 Å². The van der Waals surface area contributed by atoms with Gasteiger partial charge in [0.15, 0.2) is 6.10 Å². The highest BCUT2D eigenvalue weighted by Gasteiger charge is 2.19. The molecular weight excluding hydrogens is 817 g/mol. The maximum absolute atomic E-state index is 12.8. The van der Waals surface area contributed by atoms with Gasteiger partial charge in [0.1, 0.15) is 13.2 Å². The molecular formula is C60H100O6. The number of carbonyl (C=O) groups is 3. The van der Waals surface area contributed by atoms with Crippen LogP contribution in [0.25, 0.3) is 0 Å². The molecule has 66 heavy (non-hydrogen) atoms. The van der Waals surface area contributed by atoms with Crippen LogP contribution in [0.2, 0.25) is 0 Å². The van der Waals surface area contributed by atoms with E-state index in [9.17, 15) is 14.4 Å². The summed E-state index contributed by atoms with van der Waals surface area (Å²) >= 11 is 0. The van der Waals surface area contributed by atoms with Crippen molar-refractivity contribution >= 4 is 17.9 Å². The molecule has 0 radical (unpaired) electrons. The van der Waals surface area contributed by atoms with Gasteiger partial charge in [0.05, 0.1) is 0 Å². The van der Waals surface area contributed by atoms with Crippen LogP contribution >= 0.6 is 0 Å². The van der Waals surface area contributed by atoms with Crippen LogP contribution in [-0.2, 0) is 28.6 Å². The predicted molar refractivity (Wildman–Crippen MR) is 284 cm³/mol. The minimum Gasteiger partial charge on any atom is -0.462 e. The normalized spacial score (nSPS) is 12.8. The summed E-state index contributed by atoms with van der Waals surface area (Å²) in [5.41, 5.74) is 0. The molecule has 0 heterocycles. The quantitative estimate of drug-likeness (QED) is 0.0262. The maximum atomic E-state index is 12.8. The lowest BCUT2D eigenvalue weighted by Gasteiger charge is -2.18. The third-order valence-electron chi connectivity index (χ3n) is 11.3. The molecule has 6 heteroatoms. The molecule has 0 aromatic rings. The molecule has 0 bridgehead atoms. The van der Waals surface area contributed by atoms with Gasteiger partial charge in [-0.15, -0.1) is 0 Å². The average molecular weight is 917 g/mol. The Kier molecular flexibility index (Phi) is 50.9. The molecule has 0 unspecified atom stereocenters. The van der Waals surface area contributed by atoms with E-state index in [2.05, 4.69) is 118 Å². The van der Waals surface area contributed by atoms with E-state index in [4.69, 9.17) is 14.2 Å². The second-order valence-corrected chi connectivity index (χ2v) is 17.8. The lowest BCUT2D eigenvalue weighted by Crippen LogP contribution is -2.30. The Hall–Kier alpha value is -3.67. The molecule has 0 aliphatic rings. The molecule has 0 aromatic heterocycles. The molecule has 0 spiro atoms. The van der Waals surface area contributed by atoms with E-state index in [1.165, 1.54) is 83.5 Å². The summed E-state index contributed by atoms with van der Waals surface area (Å²) in [6.45, 7) is 6.45. The van der Waals surface area contributed by atoms with E-state index in [1.807, 2.05) is 0 Å². The Morgan fingerprint density at radius 1 is 0.318 bits per heavy atom. The number of ether oxygens (including phenoxy) is 3. The number of esters is 3. The lowest BCUT2D eigenvalue weighted by atomic mass is 10.0. The molecule has 0 amide bonds. The van der Waals surface area contributed by atoms with Crippen molar-refractivity contribution in [3.05, 3.63) is 97.2 Å². The molecule has 6 nitrogen and oxygen atoms in total. The summed E-state index contributed by atoms with van der Waals surface area (Å²) in [5.74, 6) is -0.952. The molecule has 0 aliphatic heterocycles. The molecule has 0 rings (SSSR count). The van der Waals surface area contributed by atoms with E-state index >= 15 is 0 Å². The average Bonchev–Trinajstić information content (AvgIpc) is 3.31. The number of rotatable bonds is 48. The van der Waals surface area contributed by atoms with Gasteiger partial charge in [-0.05, 0) is 103 Å². The van der Waals surface area contributed by atoms with Gasteiger partial charge in [0.2, 0.25) is 0 Å². The van der Waals surface area contributed by atoms with E-state index < -0.39 is 6.10 Å². The first kappa shape index (κ1) is 62.3. The van der Waals surface area contributed by atoms with Crippen molar-refractivity contribution in [3.8, 4) is 0 Å². The Morgan fingerprint density at radius 3 is 0.970 bits per heavy atom. The van der Waals surface area contributed by atoms with E-state index in [0.29, 0.717) is 12.8 Å². The zero-order valence-electron chi connectivity index (χ0n) is 42.9. The van der Waals surface area contributed by atoms with Gasteiger partial charge in [-0.2, -0.15) is 0 Å². The number of hydrogen-bond donors (Lipinski definition) is 0. The first-order valence-electron chi connectivity index (χ1n) is 27.2. The fraction of sp³-hybridized carbons (Fsp3) is 0.683. The van der Waals surface area contributed by atoms with Crippen LogP contribution in [-0.4, -0.2) is 37.2 Å². The van der Waals surface area contributed by atoms with Crippen LogP contribution in [0.1, 0.15) is 245 Å². The van der Waals surface area contributed by atoms with Gasteiger partial charge < -0.3 is 14.2 Å². The van der Waals surface area contributed by atoms with Crippen molar-refractivity contribution < 1.29 is 28.6 Å². The summed E-state index contributed by atoms with van der Waals surface area (Å²) in [6, 6.07) is 0. The van der Waals surface area contributed by atoms with Crippen molar-refractivity contribution in [2.45, 2.75) is 252 Å². The maximum Gasteiger partial charge on any atom is 0.306 e. The van der Waals surface area contributed by atoms with Crippen molar-refractivity contribution in [2.75, 3.05) is 13.2 Å². The largest absolute Gasteiger partial charge is 0.462 e.